The van der Waals surface area contributed by atoms with Crippen molar-refractivity contribution in [1.29, 1.82) is 0 Å². The van der Waals surface area contributed by atoms with Crippen LogP contribution < -0.4 is 5.32 Å². The number of carbonyl (C=O) groups is 2. The summed E-state index contributed by atoms with van der Waals surface area (Å²) in [4.78, 5) is 27.1. The Bertz CT molecular complexity index is 837. The Morgan fingerprint density at radius 1 is 1.11 bits per heavy atom. The second kappa shape index (κ2) is 5.97. The Hall–Kier alpha value is -2.05. The summed E-state index contributed by atoms with van der Waals surface area (Å²) in [6, 6.07) is 3.35. The van der Waals surface area contributed by atoms with Crippen molar-refractivity contribution in [3.63, 3.8) is 0 Å². The highest BCUT2D eigenvalue weighted by molar-refractivity contribution is 5.96. The number of alkyl halides is 3. The first kappa shape index (κ1) is 18.0. The zero-order valence-corrected chi connectivity index (χ0v) is 15.6. The van der Waals surface area contributed by atoms with E-state index in [0.717, 1.165) is 24.5 Å². The van der Waals surface area contributed by atoms with E-state index >= 15 is 0 Å². The summed E-state index contributed by atoms with van der Waals surface area (Å²) in [5.41, 5.74) is 0.0943. The maximum absolute atomic E-state index is 12.8. The first-order valence-corrected chi connectivity index (χ1v) is 10.0. The number of benzene rings is 1. The molecule has 1 aliphatic heterocycles. The number of nitrogens with zero attached hydrogens (tertiary/aromatic N) is 1. The van der Waals surface area contributed by atoms with E-state index in [1.807, 2.05) is 4.90 Å². The van der Waals surface area contributed by atoms with Crippen molar-refractivity contribution >= 4 is 17.5 Å². The van der Waals surface area contributed by atoms with Crippen molar-refractivity contribution < 1.29 is 22.8 Å². The number of hydrogen-bond donors (Lipinski definition) is 1. The second-order valence-corrected chi connectivity index (χ2v) is 8.96. The normalized spacial score (nSPS) is 33.4. The van der Waals surface area contributed by atoms with Crippen LogP contribution in [-0.2, 0) is 15.8 Å². The van der Waals surface area contributed by atoms with Gasteiger partial charge >= 0.3 is 6.18 Å². The molecule has 2 amide bonds. The van der Waals surface area contributed by atoms with Crippen molar-refractivity contribution in [3.8, 4) is 0 Å². The largest absolute Gasteiger partial charge is 0.416 e. The molecule has 7 heteroatoms. The van der Waals surface area contributed by atoms with Gasteiger partial charge in [0, 0.05) is 30.6 Å². The molecule has 1 saturated heterocycles. The zero-order chi connectivity index (χ0) is 19.8. The first-order valence-electron chi connectivity index (χ1n) is 10.0. The van der Waals surface area contributed by atoms with Crippen molar-refractivity contribution in [1.82, 2.24) is 4.90 Å². The predicted octanol–water partition coefficient (Wildman–Crippen LogP) is 3.70. The number of fused-ring (bicyclic) bond motifs is 1. The highest BCUT2D eigenvalue weighted by Gasteiger charge is 2.62. The van der Waals surface area contributed by atoms with Gasteiger partial charge in [0.2, 0.25) is 11.8 Å². The summed E-state index contributed by atoms with van der Waals surface area (Å²) in [6.45, 7) is 2.84. The van der Waals surface area contributed by atoms with Crippen LogP contribution in [0.25, 0.3) is 0 Å². The highest BCUT2D eigenvalue weighted by atomic mass is 19.4. The fraction of sp³-hybridized carbons (Fsp3) is 0.619. The molecular formula is C21H23F3N2O2. The number of hydrogen-bond acceptors (Lipinski definition) is 2. The monoisotopic (exact) mass is 392 g/mol. The molecule has 0 radical (unpaired) electrons. The third kappa shape index (κ3) is 3.08. The van der Waals surface area contributed by atoms with Gasteiger partial charge in [-0.25, -0.2) is 0 Å². The molecule has 4 fully saturated rings. The SMILES string of the molecule is Cc1cc(C(F)(F)F)ccc1NC(=O)C1[C@@H]2CN(C(=O)[C@@H]3C[C@@H]3C3CC3)C[C@@H]12. The van der Waals surface area contributed by atoms with Crippen LogP contribution in [0.15, 0.2) is 18.2 Å². The molecule has 0 unspecified atom stereocenters. The summed E-state index contributed by atoms with van der Waals surface area (Å²) in [5, 5.41) is 2.78. The summed E-state index contributed by atoms with van der Waals surface area (Å²) < 4.78 is 38.3. The molecule has 5 rings (SSSR count). The van der Waals surface area contributed by atoms with E-state index in [4.69, 9.17) is 0 Å². The smallest absolute Gasteiger partial charge is 0.342 e. The van der Waals surface area contributed by atoms with Gasteiger partial charge in [-0.3, -0.25) is 9.59 Å². The number of nitrogens with one attached hydrogen (secondary N) is 1. The third-order valence-electron chi connectivity index (χ3n) is 7.00. The minimum absolute atomic E-state index is 0.135. The van der Waals surface area contributed by atoms with Crippen LogP contribution in [0.1, 0.15) is 30.4 Å². The van der Waals surface area contributed by atoms with Crippen LogP contribution in [0.4, 0.5) is 18.9 Å². The maximum atomic E-state index is 12.8. The predicted molar refractivity (Wildman–Crippen MR) is 96.2 cm³/mol. The third-order valence-corrected chi connectivity index (χ3v) is 7.00. The first-order chi connectivity index (χ1) is 13.2. The Morgan fingerprint density at radius 3 is 2.36 bits per heavy atom. The maximum Gasteiger partial charge on any atom is 0.416 e. The lowest BCUT2D eigenvalue weighted by Crippen LogP contribution is -2.35. The number of likely N-dealkylation sites (tertiary alicyclic amines) is 1. The lowest BCUT2D eigenvalue weighted by molar-refractivity contribution is -0.137. The molecule has 1 aromatic rings. The topological polar surface area (TPSA) is 49.4 Å². The molecule has 3 aliphatic carbocycles. The minimum atomic E-state index is -4.39. The van der Waals surface area contributed by atoms with Crippen LogP contribution in [0.2, 0.25) is 0 Å². The van der Waals surface area contributed by atoms with E-state index in [0.29, 0.717) is 30.3 Å². The van der Waals surface area contributed by atoms with Crippen LogP contribution in [0.5, 0.6) is 0 Å². The molecule has 0 spiro atoms. The molecule has 0 aromatic heterocycles. The van der Waals surface area contributed by atoms with Gasteiger partial charge in [0.05, 0.1) is 5.56 Å². The average Bonchev–Trinajstić information content (AvgIpc) is 3.52. The molecule has 3 saturated carbocycles. The molecule has 4 aliphatic rings. The van der Waals surface area contributed by atoms with E-state index in [1.54, 1.807) is 6.92 Å². The number of carbonyl (C=O) groups excluding carboxylic acids is 2. The van der Waals surface area contributed by atoms with Gasteiger partial charge in [0.15, 0.2) is 0 Å². The molecule has 1 heterocycles. The number of rotatable bonds is 4. The molecule has 1 N–H and O–H groups in total. The number of halogens is 3. The van der Waals surface area contributed by atoms with Gasteiger partial charge in [-0.1, -0.05) is 0 Å². The Balaban J connectivity index is 1.15. The van der Waals surface area contributed by atoms with Gasteiger partial charge in [0.25, 0.3) is 0 Å². The minimum Gasteiger partial charge on any atom is -0.342 e. The molecule has 0 bridgehead atoms. The number of amides is 2. The molecule has 150 valence electrons. The molecule has 1 aromatic carbocycles. The summed E-state index contributed by atoms with van der Waals surface area (Å²) >= 11 is 0. The Kier molecular flexibility index (Phi) is 3.84. The van der Waals surface area contributed by atoms with Gasteiger partial charge < -0.3 is 10.2 Å². The fourth-order valence-electron chi connectivity index (χ4n) is 5.07. The molecule has 28 heavy (non-hydrogen) atoms. The van der Waals surface area contributed by atoms with Crippen LogP contribution in [0.3, 0.4) is 0 Å². The Labute approximate surface area is 161 Å². The van der Waals surface area contributed by atoms with E-state index in [9.17, 15) is 22.8 Å². The van der Waals surface area contributed by atoms with Crippen molar-refractivity contribution in [2.75, 3.05) is 18.4 Å². The van der Waals surface area contributed by atoms with Gasteiger partial charge in [-0.2, -0.15) is 13.2 Å². The van der Waals surface area contributed by atoms with Crippen LogP contribution >= 0.6 is 0 Å². The van der Waals surface area contributed by atoms with Crippen molar-refractivity contribution in [2.45, 2.75) is 32.4 Å². The van der Waals surface area contributed by atoms with E-state index < -0.39 is 11.7 Å². The van der Waals surface area contributed by atoms with Crippen molar-refractivity contribution in [3.05, 3.63) is 29.3 Å². The van der Waals surface area contributed by atoms with Gasteiger partial charge in [-0.15, -0.1) is 0 Å². The Morgan fingerprint density at radius 2 is 1.79 bits per heavy atom. The quantitative estimate of drug-likeness (QED) is 0.849. The van der Waals surface area contributed by atoms with E-state index in [-0.39, 0.29) is 35.5 Å². The van der Waals surface area contributed by atoms with Crippen molar-refractivity contribution in [2.24, 2.45) is 35.5 Å². The lowest BCUT2D eigenvalue weighted by Gasteiger charge is -2.20. The average molecular weight is 392 g/mol. The number of aryl methyl sites for hydroxylation is 1. The zero-order valence-electron chi connectivity index (χ0n) is 15.6. The molecule has 4 atom stereocenters. The number of anilines is 1. The van der Waals surface area contributed by atoms with E-state index in [1.165, 1.54) is 18.9 Å². The lowest BCUT2D eigenvalue weighted by atomic mass is 10.1. The summed E-state index contributed by atoms with van der Waals surface area (Å²) in [7, 11) is 0. The molecule has 4 nitrogen and oxygen atoms in total. The fourth-order valence-corrected chi connectivity index (χ4v) is 5.07. The van der Waals surface area contributed by atoms with E-state index in [2.05, 4.69) is 5.32 Å². The molecular weight excluding hydrogens is 369 g/mol. The van der Waals surface area contributed by atoms with Crippen LogP contribution in [0, 0.1) is 42.4 Å². The summed E-state index contributed by atoms with van der Waals surface area (Å²) in [6.07, 6.45) is -0.819. The summed E-state index contributed by atoms with van der Waals surface area (Å²) in [5.74, 6) is 1.96. The number of piperidine rings is 1. The van der Waals surface area contributed by atoms with Gasteiger partial charge in [-0.05, 0) is 73.6 Å². The highest BCUT2D eigenvalue weighted by Crippen LogP contribution is 2.57. The second-order valence-electron chi connectivity index (χ2n) is 8.96. The van der Waals surface area contributed by atoms with Gasteiger partial charge in [0.1, 0.15) is 0 Å². The van der Waals surface area contributed by atoms with Crippen LogP contribution in [-0.4, -0.2) is 29.8 Å². The standard InChI is InChI=1S/C21H23F3N2O2/c1-10-6-12(21(22,23)24)4-5-17(10)25-19(27)18-15-8-26(9-16(15)18)20(28)14-7-13(14)11-2-3-11/h4-6,11,13-16,18H,2-3,7-9H2,1H3,(H,25,27)/t13-,14-,15-,16-/m1/s1.